The number of benzene rings is 1. The van der Waals surface area contributed by atoms with Crippen LogP contribution in [0.2, 0.25) is 5.02 Å². The van der Waals surface area contributed by atoms with Crippen LogP contribution in [0.1, 0.15) is 52.5 Å². The van der Waals surface area contributed by atoms with Gasteiger partial charge in [-0.2, -0.15) is 0 Å². The van der Waals surface area contributed by atoms with Crippen LogP contribution in [0.25, 0.3) is 0 Å². The Bertz CT molecular complexity index is 1700. The highest BCUT2D eigenvalue weighted by atomic mass is 35.5. The standard InChI is InChI=1S/C38H53ClN4O12/c1-21-11-10-12-28(52-9)38(50)19-27(53-36(49)40-38)22(2)34-37(4,55-34)29(18-31(46)43(7)25-16-24(15-21)17-26(51-8)33(25)39)54-35(48)23(3)42(6)30(45)13-14-41(5)32(47)20-44/h10-12,16-17,22-23,27-29,34,44,50H,13-15,18-20H2,1-9H3,(H,40,49)/b12-10+,21-11+/t22-,23+,27+,28-,29+,34+,37+,38+/m1/s1. The molecular formula is C38H53ClN4O12. The van der Waals surface area contributed by atoms with Crippen molar-refractivity contribution in [1.82, 2.24) is 15.1 Å². The minimum absolute atomic E-state index is 0.0154. The topological polar surface area (TPSA) is 197 Å². The first-order valence-corrected chi connectivity index (χ1v) is 18.4. The molecule has 4 rings (SSSR count). The monoisotopic (exact) mass is 792 g/mol. The second-order valence-electron chi connectivity index (χ2n) is 14.6. The van der Waals surface area contributed by atoms with Gasteiger partial charge in [-0.15, -0.1) is 0 Å². The molecule has 3 aliphatic rings. The molecule has 3 N–H and O–H groups in total. The Hall–Kier alpha value is -4.22. The van der Waals surface area contributed by atoms with Gasteiger partial charge in [0.1, 0.15) is 47.3 Å². The maximum atomic E-state index is 14.1. The summed E-state index contributed by atoms with van der Waals surface area (Å²) in [4.78, 5) is 69.3. The number of anilines is 1. The van der Waals surface area contributed by atoms with Gasteiger partial charge in [0.25, 0.3) is 0 Å². The smallest absolute Gasteiger partial charge is 0.409 e. The third kappa shape index (κ3) is 9.78. The molecule has 2 fully saturated rings. The van der Waals surface area contributed by atoms with Crippen molar-refractivity contribution in [3.05, 3.63) is 46.5 Å². The number of rotatable bonds is 9. The number of aliphatic hydroxyl groups excluding tert-OH is 1. The van der Waals surface area contributed by atoms with Crippen molar-refractivity contribution in [1.29, 1.82) is 0 Å². The van der Waals surface area contributed by atoms with Crippen LogP contribution in [0.5, 0.6) is 5.75 Å². The number of allylic oxidation sites excluding steroid dienone is 3. The molecule has 17 heteroatoms. The van der Waals surface area contributed by atoms with Crippen LogP contribution in [-0.2, 0) is 44.5 Å². The van der Waals surface area contributed by atoms with Crippen molar-refractivity contribution < 1.29 is 57.9 Å². The van der Waals surface area contributed by atoms with E-state index in [1.807, 2.05) is 13.0 Å². The highest BCUT2D eigenvalue weighted by molar-refractivity contribution is 6.35. The number of hydrogen-bond acceptors (Lipinski definition) is 12. The summed E-state index contributed by atoms with van der Waals surface area (Å²) in [5.41, 5.74) is -1.09. The first kappa shape index (κ1) is 43.5. The number of halogens is 1. The molecule has 2 saturated heterocycles. The number of amides is 4. The second kappa shape index (κ2) is 17.7. The van der Waals surface area contributed by atoms with Crippen molar-refractivity contribution in [2.75, 3.05) is 53.4 Å². The maximum absolute atomic E-state index is 14.1. The summed E-state index contributed by atoms with van der Waals surface area (Å²) in [5, 5.41) is 23.5. The Kier molecular flexibility index (Phi) is 14.0. The normalized spacial score (nSPS) is 30.4. The zero-order valence-corrected chi connectivity index (χ0v) is 33.5. The predicted octanol–water partition coefficient (Wildman–Crippen LogP) is 2.36. The van der Waals surface area contributed by atoms with E-state index in [9.17, 15) is 29.1 Å². The van der Waals surface area contributed by atoms with E-state index in [-0.39, 0.29) is 30.8 Å². The summed E-state index contributed by atoms with van der Waals surface area (Å²) in [6.07, 6.45) is 0.436. The molecule has 0 aliphatic carbocycles. The van der Waals surface area contributed by atoms with E-state index in [1.165, 1.54) is 49.9 Å². The molecule has 4 amide bonds. The average molecular weight is 793 g/mol. The molecule has 8 atom stereocenters. The molecule has 3 aliphatic heterocycles. The molecular weight excluding hydrogens is 740 g/mol. The number of ether oxygens (including phenoxy) is 5. The lowest BCUT2D eigenvalue weighted by Crippen LogP contribution is -2.63. The molecule has 1 aromatic rings. The van der Waals surface area contributed by atoms with Gasteiger partial charge in [-0.25, -0.2) is 9.59 Å². The van der Waals surface area contributed by atoms with Crippen LogP contribution < -0.4 is 15.0 Å². The minimum Gasteiger partial charge on any atom is -0.495 e. The highest BCUT2D eigenvalue weighted by Crippen LogP contribution is 2.49. The Morgan fingerprint density at radius 2 is 1.87 bits per heavy atom. The van der Waals surface area contributed by atoms with Crippen LogP contribution in [0, 0.1) is 5.92 Å². The van der Waals surface area contributed by atoms with Crippen molar-refractivity contribution in [2.24, 2.45) is 5.92 Å². The quantitative estimate of drug-likeness (QED) is 0.244. The van der Waals surface area contributed by atoms with E-state index in [4.69, 9.17) is 40.4 Å². The minimum atomic E-state index is -1.86. The summed E-state index contributed by atoms with van der Waals surface area (Å²) in [7, 11) is 7.29. The number of carbonyl (C=O) groups is 5. The fourth-order valence-electron chi connectivity index (χ4n) is 6.90. The van der Waals surface area contributed by atoms with E-state index in [0.29, 0.717) is 17.9 Å². The summed E-state index contributed by atoms with van der Waals surface area (Å²) in [6.45, 7) is 6.14. The molecule has 55 heavy (non-hydrogen) atoms. The number of methoxy groups -OCH3 is 2. The third-order valence-corrected chi connectivity index (χ3v) is 11.1. The molecule has 0 saturated carbocycles. The zero-order valence-electron chi connectivity index (χ0n) is 32.8. The van der Waals surface area contributed by atoms with Crippen LogP contribution in [0.3, 0.4) is 0 Å². The van der Waals surface area contributed by atoms with Gasteiger partial charge in [0.05, 0.1) is 25.3 Å². The molecule has 0 radical (unpaired) electrons. The van der Waals surface area contributed by atoms with Gasteiger partial charge in [-0.3, -0.25) is 19.7 Å². The Labute approximate surface area is 326 Å². The van der Waals surface area contributed by atoms with E-state index >= 15 is 0 Å². The number of nitrogens with one attached hydrogen (secondary N) is 1. The summed E-state index contributed by atoms with van der Waals surface area (Å²) in [5.74, 6) is -2.54. The molecule has 304 valence electrons. The molecule has 4 bridgehead atoms. The lowest BCUT2D eigenvalue weighted by atomic mass is 9.83. The first-order valence-electron chi connectivity index (χ1n) is 18.0. The summed E-state index contributed by atoms with van der Waals surface area (Å²) >= 11 is 6.75. The van der Waals surface area contributed by atoms with E-state index < -0.39 is 84.1 Å². The van der Waals surface area contributed by atoms with Crippen LogP contribution in [0.15, 0.2) is 35.9 Å². The number of epoxide rings is 1. The number of esters is 1. The largest absolute Gasteiger partial charge is 0.495 e. The van der Waals surface area contributed by atoms with E-state index in [0.717, 1.165) is 11.1 Å². The van der Waals surface area contributed by atoms with Gasteiger partial charge in [-0.1, -0.05) is 42.3 Å². The fourth-order valence-corrected chi connectivity index (χ4v) is 7.22. The summed E-state index contributed by atoms with van der Waals surface area (Å²) in [6, 6.07) is 2.42. The number of nitrogens with zero attached hydrogens (tertiary/aromatic N) is 3. The fraction of sp³-hybridized carbons (Fsp3) is 0.605. The van der Waals surface area contributed by atoms with Crippen molar-refractivity contribution in [2.45, 2.75) is 95.2 Å². The highest BCUT2D eigenvalue weighted by Gasteiger charge is 2.64. The molecule has 0 aromatic heterocycles. The molecule has 1 aromatic carbocycles. The van der Waals surface area contributed by atoms with Crippen LogP contribution >= 0.6 is 11.6 Å². The number of likely N-dealkylation sites (N-methyl/N-ethyl adjacent to an activating group) is 2. The van der Waals surface area contributed by atoms with E-state index in [1.54, 1.807) is 45.2 Å². The average Bonchev–Trinajstić information content (AvgIpc) is 3.85. The van der Waals surface area contributed by atoms with Gasteiger partial charge in [0.15, 0.2) is 5.72 Å². The van der Waals surface area contributed by atoms with Crippen molar-refractivity contribution in [3.8, 4) is 5.75 Å². The van der Waals surface area contributed by atoms with E-state index in [2.05, 4.69) is 5.32 Å². The van der Waals surface area contributed by atoms with Crippen molar-refractivity contribution in [3.63, 3.8) is 0 Å². The molecule has 0 spiro atoms. The molecule has 0 unspecified atom stereocenters. The third-order valence-electron chi connectivity index (χ3n) is 10.7. The molecule has 3 heterocycles. The van der Waals surface area contributed by atoms with Gasteiger partial charge in [0.2, 0.25) is 17.7 Å². The van der Waals surface area contributed by atoms with Gasteiger partial charge in [0, 0.05) is 53.6 Å². The Balaban J connectivity index is 1.71. The first-order chi connectivity index (χ1) is 25.8. The van der Waals surface area contributed by atoms with Crippen LogP contribution in [0.4, 0.5) is 10.5 Å². The summed E-state index contributed by atoms with van der Waals surface area (Å²) < 4.78 is 29.1. The maximum Gasteiger partial charge on any atom is 0.409 e. The number of aliphatic hydroxyl groups is 2. The number of carbonyl (C=O) groups excluding carboxylic acids is 5. The van der Waals surface area contributed by atoms with Crippen molar-refractivity contribution >= 4 is 47.1 Å². The Morgan fingerprint density at radius 3 is 2.51 bits per heavy atom. The number of fused-ring (bicyclic) bond motifs is 5. The second-order valence-corrected chi connectivity index (χ2v) is 15.0. The number of alkyl carbamates (subject to hydrolysis) is 1. The zero-order chi connectivity index (χ0) is 41.0. The lowest BCUT2D eigenvalue weighted by molar-refractivity contribution is -0.162. The van der Waals surface area contributed by atoms with Gasteiger partial charge < -0.3 is 48.6 Å². The Morgan fingerprint density at radius 1 is 1.18 bits per heavy atom. The molecule has 16 nitrogen and oxygen atoms in total. The number of hydrogen-bond donors (Lipinski definition) is 3. The lowest BCUT2D eigenvalue weighted by Gasteiger charge is -2.42. The SMILES string of the molecule is COc1cc2cc(c1Cl)N(C)C(=O)C[C@H](OC(=O)[C@H](C)N(C)C(=O)CCN(C)C(=O)CO)[C@]1(C)O[C@H]1[C@H](C)[C@@H]1C[C@@](O)(NC(=O)O1)[C@H](OC)/C=C/C=C(\C)C2. The van der Waals surface area contributed by atoms with Crippen LogP contribution in [-0.4, -0.2) is 140 Å². The van der Waals surface area contributed by atoms with Gasteiger partial charge in [-0.05, 0) is 44.9 Å². The van der Waals surface area contributed by atoms with Gasteiger partial charge >= 0.3 is 12.1 Å². The predicted molar refractivity (Wildman–Crippen MR) is 200 cm³/mol.